The average Bonchev–Trinajstić information content (AvgIpc) is 4.16. The number of hydrogen-bond acceptors (Lipinski definition) is 0. The van der Waals surface area contributed by atoms with Crippen LogP contribution in [0.4, 0.5) is 0 Å². The Kier molecular flexibility index (Phi) is 9.49. The maximum absolute atomic E-state index is 2.60. The van der Waals surface area contributed by atoms with Crippen LogP contribution in [0.2, 0.25) is 0 Å². The second-order valence-electron chi connectivity index (χ2n) is 24.4. The molecule has 0 radical (unpaired) electrons. The third-order valence-electron chi connectivity index (χ3n) is 20.5. The van der Waals surface area contributed by atoms with Crippen molar-refractivity contribution in [2.45, 2.75) is 75.0 Å². The molecule has 0 unspecified atom stereocenters. The summed E-state index contributed by atoms with van der Waals surface area (Å²) in [6, 6.07) is 90.0. The van der Waals surface area contributed by atoms with Crippen molar-refractivity contribution in [3.8, 4) is 77.9 Å². The molecule has 14 aromatic carbocycles. The van der Waals surface area contributed by atoms with Crippen LogP contribution in [0.25, 0.3) is 143 Å². The zero-order valence-corrected chi connectivity index (χ0v) is 45.0. The van der Waals surface area contributed by atoms with Gasteiger partial charge in [-0.3, -0.25) is 0 Å². The van der Waals surface area contributed by atoms with Crippen molar-refractivity contribution in [1.82, 2.24) is 0 Å². The Morgan fingerprint density at radius 1 is 0.200 bits per heavy atom. The van der Waals surface area contributed by atoms with Crippen molar-refractivity contribution in [2.75, 3.05) is 0 Å². The molecule has 80 heavy (non-hydrogen) atoms. The summed E-state index contributed by atoms with van der Waals surface area (Å²) in [4.78, 5) is 0. The van der Waals surface area contributed by atoms with Gasteiger partial charge in [-0.15, -0.1) is 0 Å². The quantitative estimate of drug-likeness (QED) is 0.151. The van der Waals surface area contributed by atoms with Gasteiger partial charge in [0.1, 0.15) is 0 Å². The van der Waals surface area contributed by atoms with E-state index in [1.807, 2.05) is 0 Å². The summed E-state index contributed by atoms with van der Waals surface area (Å²) in [5.41, 5.74) is 24.9. The van der Waals surface area contributed by atoms with Crippen LogP contribution in [0.1, 0.15) is 86.5 Å². The highest BCUT2D eigenvalue weighted by atomic mass is 14.5. The van der Waals surface area contributed by atoms with E-state index < -0.39 is 0 Å². The lowest BCUT2D eigenvalue weighted by atomic mass is 9.67. The molecule has 2 saturated carbocycles. The Bertz CT molecular complexity index is 4550. The topological polar surface area (TPSA) is 0 Å². The highest BCUT2D eigenvalue weighted by Crippen LogP contribution is 2.59. The first-order chi connectivity index (χ1) is 39.6. The molecule has 0 N–H and O–H groups in total. The Hall–Kier alpha value is -8.84. The number of benzene rings is 14. The molecule has 0 aromatic heterocycles. The standard InChI is InChI=1S/C80H58/c1-3-39-79(40-4-1)71-45-59(27-33-65(71)67-35-29-61(47-73(67)79)63-31-23-53-21-19-49-11-7-13-51-25-37-69(63)77(53)75(49)51)57-17-9-15-55(43-57)56-16-10-18-58(44-56)60-28-34-66-68-36-30-62(48-74(68)80(72(66)46-60)41-5-2-6-42-80)64-32-24-54-22-20-50-12-8-14-52-26-38-70(64)78(54)76(50)52/h7-38,43-48H,1-6,39-42H2. The predicted octanol–water partition coefficient (Wildman–Crippen LogP) is 22.3. The predicted molar refractivity (Wildman–Crippen MR) is 340 cm³/mol. The fourth-order valence-electron chi connectivity index (χ4n) is 16.8. The van der Waals surface area contributed by atoms with Crippen LogP contribution in [-0.2, 0) is 10.8 Å². The summed E-state index contributed by atoms with van der Waals surface area (Å²) >= 11 is 0. The first kappa shape index (κ1) is 45.1. The molecule has 14 aromatic rings. The van der Waals surface area contributed by atoms with Crippen LogP contribution in [0.3, 0.4) is 0 Å². The van der Waals surface area contributed by atoms with E-state index >= 15 is 0 Å². The molecule has 0 heterocycles. The number of hydrogen-bond donors (Lipinski definition) is 0. The molecule has 2 spiro atoms. The zero-order chi connectivity index (χ0) is 52.3. The molecular weight excluding hydrogens is 961 g/mol. The summed E-state index contributed by atoms with van der Waals surface area (Å²) in [5, 5.41) is 16.2. The lowest BCUT2D eigenvalue weighted by molar-refractivity contribution is 0.353. The molecule has 18 rings (SSSR count). The van der Waals surface area contributed by atoms with Gasteiger partial charge in [0.15, 0.2) is 0 Å². The molecule has 0 nitrogen and oxygen atoms in total. The molecule has 0 aliphatic heterocycles. The van der Waals surface area contributed by atoms with Gasteiger partial charge in [-0.05, 0) is 227 Å². The van der Waals surface area contributed by atoms with Gasteiger partial charge in [0.25, 0.3) is 0 Å². The molecule has 4 aliphatic carbocycles. The fourth-order valence-corrected chi connectivity index (χ4v) is 16.8. The van der Waals surface area contributed by atoms with Crippen LogP contribution in [0, 0.1) is 0 Å². The van der Waals surface area contributed by atoms with Crippen LogP contribution < -0.4 is 0 Å². The van der Waals surface area contributed by atoms with Gasteiger partial charge in [-0.2, -0.15) is 0 Å². The minimum absolute atomic E-state index is 0.0192. The van der Waals surface area contributed by atoms with E-state index in [9.17, 15) is 0 Å². The number of fused-ring (bicyclic) bond motifs is 10. The minimum atomic E-state index is 0.0192. The Labute approximate surface area is 467 Å². The molecule has 2 fully saturated rings. The van der Waals surface area contributed by atoms with E-state index in [2.05, 4.69) is 231 Å². The summed E-state index contributed by atoms with van der Waals surface area (Å²) in [5.74, 6) is 0. The first-order valence-electron chi connectivity index (χ1n) is 29.7. The second kappa shape index (κ2) is 16.8. The lowest BCUT2D eigenvalue weighted by Gasteiger charge is -2.36. The maximum Gasteiger partial charge on any atom is 0.0215 e. The Balaban J connectivity index is 0.682. The zero-order valence-electron chi connectivity index (χ0n) is 45.0. The molecule has 0 atom stereocenters. The van der Waals surface area contributed by atoms with Crippen molar-refractivity contribution < 1.29 is 0 Å². The normalized spacial score (nSPS) is 15.9. The van der Waals surface area contributed by atoms with Crippen molar-refractivity contribution in [2.24, 2.45) is 0 Å². The number of rotatable bonds is 5. The van der Waals surface area contributed by atoms with Gasteiger partial charge in [-0.1, -0.05) is 233 Å². The molecule has 0 bridgehead atoms. The molecule has 378 valence electrons. The van der Waals surface area contributed by atoms with Crippen LogP contribution in [0.15, 0.2) is 231 Å². The van der Waals surface area contributed by atoms with Gasteiger partial charge in [-0.25, -0.2) is 0 Å². The van der Waals surface area contributed by atoms with Crippen LogP contribution >= 0.6 is 0 Å². The molecular formula is C80H58. The molecule has 0 saturated heterocycles. The fraction of sp³-hybridized carbons (Fsp3) is 0.150. The van der Waals surface area contributed by atoms with E-state index in [-0.39, 0.29) is 10.8 Å². The van der Waals surface area contributed by atoms with Crippen LogP contribution in [0.5, 0.6) is 0 Å². The van der Waals surface area contributed by atoms with Crippen molar-refractivity contribution in [3.63, 3.8) is 0 Å². The lowest BCUT2D eigenvalue weighted by Crippen LogP contribution is -2.28. The van der Waals surface area contributed by atoms with Gasteiger partial charge >= 0.3 is 0 Å². The maximum atomic E-state index is 2.60. The van der Waals surface area contributed by atoms with Crippen molar-refractivity contribution in [1.29, 1.82) is 0 Å². The van der Waals surface area contributed by atoms with Gasteiger partial charge in [0.2, 0.25) is 0 Å². The first-order valence-corrected chi connectivity index (χ1v) is 29.7. The third-order valence-corrected chi connectivity index (χ3v) is 20.5. The van der Waals surface area contributed by atoms with E-state index in [0.717, 1.165) is 0 Å². The highest BCUT2D eigenvalue weighted by molar-refractivity contribution is 6.27. The third kappa shape index (κ3) is 6.34. The SMILES string of the molecule is c1cc(-c2cccc(-c3ccc4c(c3)C3(CCCCC3)c3cc(-c5ccc6ccc7cccc8ccc5c6c78)ccc3-4)c2)cc(-c2ccc3c(c2)C2(CCCCC2)c2cc(-c4ccc5ccc6cccc7ccc4c5c67)ccc2-3)c1. The van der Waals surface area contributed by atoms with E-state index in [0.29, 0.717) is 0 Å². The smallest absolute Gasteiger partial charge is 0.0215 e. The van der Waals surface area contributed by atoms with Crippen LogP contribution in [-0.4, -0.2) is 0 Å². The largest absolute Gasteiger partial charge is 0.0610 e. The van der Waals surface area contributed by atoms with E-state index in [1.165, 1.54) is 229 Å². The monoisotopic (exact) mass is 1020 g/mol. The molecule has 0 heteroatoms. The molecule has 4 aliphatic rings. The second-order valence-corrected chi connectivity index (χ2v) is 24.4. The summed E-state index contributed by atoms with van der Waals surface area (Å²) in [7, 11) is 0. The van der Waals surface area contributed by atoms with E-state index in [1.54, 1.807) is 0 Å². The Morgan fingerprint density at radius 2 is 0.475 bits per heavy atom. The van der Waals surface area contributed by atoms with Gasteiger partial charge < -0.3 is 0 Å². The summed E-state index contributed by atoms with van der Waals surface area (Å²) in [6.07, 6.45) is 12.5. The average molecular weight is 1020 g/mol. The molecule has 0 amide bonds. The van der Waals surface area contributed by atoms with Crippen molar-refractivity contribution >= 4 is 64.6 Å². The van der Waals surface area contributed by atoms with Gasteiger partial charge in [0, 0.05) is 10.8 Å². The van der Waals surface area contributed by atoms with Gasteiger partial charge in [0.05, 0.1) is 0 Å². The Morgan fingerprint density at radius 3 is 0.850 bits per heavy atom. The highest BCUT2D eigenvalue weighted by Gasteiger charge is 2.45. The van der Waals surface area contributed by atoms with Crippen molar-refractivity contribution in [3.05, 3.63) is 253 Å². The summed E-state index contributed by atoms with van der Waals surface area (Å²) < 4.78 is 0. The minimum Gasteiger partial charge on any atom is -0.0610 e. The summed E-state index contributed by atoms with van der Waals surface area (Å²) in [6.45, 7) is 0. The van der Waals surface area contributed by atoms with E-state index in [4.69, 9.17) is 0 Å².